The minimum Gasteiger partial charge on any atom is -0.496 e. The molecule has 1 aliphatic heterocycles. The Labute approximate surface area is 263 Å². The third-order valence-electron chi connectivity index (χ3n) is 7.77. The molecule has 2 heterocycles. The Kier molecular flexibility index (Phi) is 11.5. The normalized spacial score (nSPS) is 15.5. The number of aromatic nitrogens is 1. The van der Waals surface area contributed by atoms with Gasteiger partial charge in [-0.3, -0.25) is 4.90 Å². The molecular formula is C34H39N3O7S. The fraction of sp³-hybridized carbons (Fsp3) is 0.294. The number of ether oxygens (including phenoxy) is 1. The third-order valence-corrected chi connectivity index (χ3v) is 9.57. The Morgan fingerprint density at radius 2 is 1.58 bits per heavy atom. The molecule has 238 valence electrons. The van der Waals surface area contributed by atoms with Gasteiger partial charge < -0.3 is 19.9 Å². The molecular weight excluding hydrogens is 594 g/mol. The zero-order valence-electron chi connectivity index (χ0n) is 25.4. The molecule has 1 aromatic heterocycles. The van der Waals surface area contributed by atoms with Crippen LogP contribution in [0.3, 0.4) is 0 Å². The number of benzene rings is 3. The summed E-state index contributed by atoms with van der Waals surface area (Å²) in [6.45, 7) is 2.16. The van der Waals surface area contributed by atoms with Crippen molar-refractivity contribution in [1.82, 2.24) is 14.2 Å². The summed E-state index contributed by atoms with van der Waals surface area (Å²) < 4.78 is 33.9. The highest BCUT2D eigenvalue weighted by atomic mass is 32.2. The Bertz CT molecular complexity index is 1660. The first kappa shape index (κ1) is 33.4. The van der Waals surface area contributed by atoms with Crippen molar-refractivity contribution in [1.29, 1.82) is 0 Å². The second kappa shape index (κ2) is 15.5. The lowest BCUT2D eigenvalue weighted by Crippen LogP contribution is -2.28. The Hall–Kier alpha value is -4.45. The van der Waals surface area contributed by atoms with E-state index in [9.17, 15) is 8.42 Å². The van der Waals surface area contributed by atoms with Gasteiger partial charge in [-0.2, -0.15) is 4.31 Å². The van der Waals surface area contributed by atoms with E-state index in [4.69, 9.17) is 24.5 Å². The minimum atomic E-state index is -3.69. The molecule has 1 aliphatic rings. The summed E-state index contributed by atoms with van der Waals surface area (Å²) in [5.41, 5.74) is 4.98. The summed E-state index contributed by atoms with van der Waals surface area (Å²) in [5.74, 6) is -3.02. The molecule has 0 radical (unpaired) electrons. The Morgan fingerprint density at radius 3 is 2.22 bits per heavy atom. The first-order valence-corrected chi connectivity index (χ1v) is 16.2. The summed E-state index contributed by atoms with van der Waals surface area (Å²) in [7, 11) is -0.469. The molecule has 0 bridgehead atoms. The van der Waals surface area contributed by atoms with Crippen molar-refractivity contribution in [2.75, 3.05) is 20.7 Å². The van der Waals surface area contributed by atoms with Gasteiger partial charge in [0, 0.05) is 43.1 Å². The minimum absolute atomic E-state index is 0.240. The molecule has 1 atom stereocenters. The monoisotopic (exact) mass is 633 g/mol. The quantitative estimate of drug-likeness (QED) is 0.197. The van der Waals surface area contributed by atoms with Gasteiger partial charge in [-0.25, -0.2) is 18.0 Å². The van der Waals surface area contributed by atoms with E-state index in [0.29, 0.717) is 18.3 Å². The predicted molar refractivity (Wildman–Crippen MR) is 171 cm³/mol. The summed E-state index contributed by atoms with van der Waals surface area (Å²) in [6.07, 6.45) is 4.85. The molecule has 0 unspecified atom stereocenters. The number of aromatic amines is 1. The maximum Gasteiger partial charge on any atom is 0.414 e. The highest BCUT2D eigenvalue weighted by molar-refractivity contribution is 7.89. The van der Waals surface area contributed by atoms with Crippen molar-refractivity contribution in [3.8, 4) is 17.0 Å². The number of nitrogens with zero attached hydrogens (tertiary/aromatic N) is 2. The van der Waals surface area contributed by atoms with Crippen LogP contribution in [0.2, 0.25) is 0 Å². The third kappa shape index (κ3) is 8.81. The number of carboxylic acids is 2. The number of hydrogen-bond acceptors (Lipinski definition) is 6. The van der Waals surface area contributed by atoms with Crippen molar-refractivity contribution < 1.29 is 33.0 Å². The van der Waals surface area contributed by atoms with Gasteiger partial charge in [0.1, 0.15) is 5.75 Å². The van der Waals surface area contributed by atoms with Gasteiger partial charge >= 0.3 is 11.9 Å². The first-order chi connectivity index (χ1) is 21.6. The van der Waals surface area contributed by atoms with Gasteiger partial charge in [0.05, 0.1) is 12.0 Å². The number of carbonyl (C=O) groups is 2. The second-order valence-corrected chi connectivity index (χ2v) is 12.9. The molecule has 4 aromatic rings. The van der Waals surface area contributed by atoms with Crippen LogP contribution in [-0.4, -0.2) is 65.5 Å². The summed E-state index contributed by atoms with van der Waals surface area (Å²) >= 11 is 0. The van der Waals surface area contributed by atoms with Crippen molar-refractivity contribution in [3.63, 3.8) is 0 Å². The van der Waals surface area contributed by atoms with Crippen LogP contribution in [0.4, 0.5) is 0 Å². The number of H-pyrrole nitrogens is 1. The summed E-state index contributed by atoms with van der Waals surface area (Å²) in [6, 6.07) is 30.0. The van der Waals surface area contributed by atoms with Crippen molar-refractivity contribution in [2.45, 2.75) is 49.7 Å². The SMILES string of the molecule is COc1ccc(S(=O)(=O)N(C)Cc2ccccc2)cc1-c1ccc(CN2CCCCC[C@@H]2c2ccccc2)[nH]1.O=C(O)C(=O)O. The number of aliphatic carboxylic acids is 2. The average molecular weight is 634 g/mol. The van der Waals surface area contributed by atoms with Crippen LogP contribution in [0.5, 0.6) is 5.75 Å². The molecule has 0 amide bonds. The molecule has 3 N–H and O–H groups in total. The molecule has 10 nitrogen and oxygen atoms in total. The predicted octanol–water partition coefficient (Wildman–Crippen LogP) is 5.78. The van der Waals surface area contributed by atoms with Crippen LogP contribution in [0.15, 0.2) is 95.9 Å². The molecule has 11 heteroatoms. The van der Waals surface area contributed by atoms with Gasteiger partial charge in [0.15, 0.2) is 0 Å². The fourth-order valence-electron chi connectivity index (χ4n) is 5.48. The maximum atomic E-state index is 13.5. The van der Waals surface area contributed by atoms with E-state index in [1.165, 1.54) is 29.1 Å². The van der Waals surface area contributed by atoms with Gasteiger partial charge in [-0.15, -0.1) is 0 Å². The van der Waals surface area contributed by atoms with E-state index in [2.05, 4.69) is 46.3 Å². The number of sulfonamides is 1. The van der Waals surface area contributed by atoms with Crippen LogP contribution in [0, 0.1) is 0 Å². The van der Waals surface area contributed by atoms with Crippen molar-refractivity contribution in [2.24, 2.45) is 0 Å². The summed E-state index contributed by atoms with van der Waals surface area (Å²) in [4.78, 5) is 24.6. The van der Waals surface area contributed by atoms with Gasteiger partial charge in [0.25, 0.3) is 0 Å². The zero-order chi connectivity index (χ0) is 32.4. The van der Waals surface area contributed by atoms with Crippen LogP contribution in [0.1, 0.15) is 48.5 Å². The fourth-order valence-corrected chi connectivity index (χ4v) is 6.67. The van der Waals surface area contributed by atoms with Gasteiger partial charge in [-0.05, 0) is 60.8 Å². The van der Waals surface area contributed by atoms with Crippen LogP contribution in [0.25, 0.3) is 11.3 Å². The molecule has 0 aliphatic carbocycles. The molecule has 45 heavy (non-hydrogen) atoms. The number of carboxylic acid groups (broad SMARTS) is 2. The lowest BCUT2D eigenvalue weighted by Gasteiger charge is -2.30. The second-order valence-electron chi connectivity index (χ2n) is 10.9. The van der Waals surface area contributed by atoms with Crippen LogP contribution in [-0.2, 0) is 32.7 Å². The van der Waals surface area contributed by atoms with E-state index < -0.39 is 22.0 Å². The number of methoxy groups -OCH3 is 1. The lowest BCUT2D eigenvalue weighted by atomic mass is 10.0. The topological polar surface area (TPSA) is 140 Å². The van der Waals surface area contributed by atoms with E-state index in [-0.39, 0.29) is 4.90 Å². The molecule has 0 saturated carbocycles. The standard InChI is InChI=1S/C32H37N3O3S.C2H2O4/c1-34(23-25-12-6-3-7-13-25)39(36,37)28-18-20-32(38-2)29(22-28)30-19-17-27(33-30)24-35-21-11-5-10-16-31(35)26-14-8-4-9-15-26;3-1(4)2(5)6/h3-4,6-9,12-15,17-20,22,31,33H,5,10-11,16,21,23-24H2,1-2H3;(H,3,4)(H,5,6)/t31-;/m1./s1. The number of nitrogens with one attached hydrogen (secondary N) is 1. The molecule has 3 aromatic carbocycles. The molecule has 0 spiro atoms. The van der Waals surface area contributed by atoms with E-state index in [1.54, 1.807) is 32.4 Å². The van der Waals surface area contributed by atoms with Gasteiger partial charge in [-0.1, -0.05) is 73.5 Å². The lowest BCUT2D eigenvalue weighted by molar-refractivity contribution is -0.159. The van der Waals surface area contributed by atoms with Crippen LogP contribution < -0.4 is 4.74 Å². The average Bonchev–Trinajstić information content (AvgIpc) is 3.39. The molecule has 5 rings (SSSR count). The maximum absolute atomic E-state index is 13.5. The smallest absolute Gasteiger partial charge is 0.414 e. The Morgan fingerprint density at radius 1 is 0.911 bits per heavy atom. The largest absolute Gasteiger partial charge is 0.496 e. The number of hydrogen-bond donors (Lipinski definition) is 3. The number of likely N-dealkylation sites (tertiary alicyclic amines) is 1. The van der Waals surface area contributed by atoms with Gasteiger partial charge in [0.2, 0.25) is 10.0 Å². The Balaban J connectivity index is 0.000000700. The van der Waals surface area contributed by atoms with Crippen molar-refractivity contribution >= 4 is 22.0 Å². The molecule has 1 fully saturated rings. The van der Waals surface area contributed by atoms with Crippen molar-refractivity contribution in [3.05, 3.63) is 108 Å². The van der Waals surface area contributed by atoms with Crippen LogP contribution >= 0.6 is 0 Å². The van der Waals surface area contributed by atoms with E-state index >= 15 is 0 Å². The zero-order valence-corrected chi connectivity index (χ0v) is 26.2. The van der Waals surface area contributed by atoms with E-state index in [1.807, 2.05) is 36.4 Å². The molecule has 1 saturated heterocycles. The highest BCUT2D eigenvalue weighted by Crippen LogP contribution is 2.35. The number of rotatable bonds is 9. The summed E-state index contributed by atoms with van der Waals surface area (Å²) in [5, 5.41) is 14.8. The van der Waals surface area contributed by atoms with E-state index in [0.717, 1.165) is 42.0 Å². The highest BCUT2D eigenvalue weighted by Gasteiger charge is 2.25. The first-order valence-electron chi connectivity index (χ1n) is 14.7.